The Morgan fingerprint density at radius 2 is 1.77 bits per heavy atom. The molecule has 0 radical (unpaired) electrons. The van der Waals surface area contributed by atoms with Crippen molar-refractivity contribution in [1.82, 2.24) is 5.43 Å². The Kier molecular flexibility index (Phi) is 7.29. The van der Waals surface area contributed by atoms with Crippen LogP contribution in [0.1, 0.15) is 29.8 Å². The van der Waals surface area contributed by atoms with Gasteiger partial charge < -0.3 is 14.2 Å². The first-order valence-corrected chi connectivity index (χ1v) is 8.53. The molecular formula is C19H21ClN2O4. The summed E-state index contributed by atoms with van der Waals surface area (Å²) in [5, 5.41) is 4.51. The van der Waals surface area contributed by atoms with E-state index in [1.807, 2.05) is 13.8 Å². The van der Waals surface area contributed by atoms with E-state index in [-0.39, 0.29) is 5.91 Å². The summed E-state index contributed by atoms with van der Waals surface area (Å²) >= 11 is 5.97. The van der Waals surface area contributed by atoms with Gasteiger partial charge in [0.2, 0.25) is 0 Å². The van der Waals surface area contributed by atoms with Crippen LogP contribution in [0.3, 0.4) is 0 Å². The molecule has 0 heterocycles. The lowest BCUT2D eigenvalue weighted by molar-refractivity contribution is 0.0954. The maximum atomic E-state index is 12.3. The predicted molar refractivity (Wildman–Crippen MR) is 102 cm³/mol. The van der Waals surface area contributed by atoms with Crippen LogP contribution in [-0.2, 0) is 0 Å². The number of carbonyl (C=O) groups excluding carboxylic acids is 1. The molecule has 0 fully saturated rings. The van der Waals surface area contributed by atoms with Gasteiger partial charge in [-0.1, -0.05) is 11.6 Å². The lowest BCUT2D eigenvalue weighted by Gasteiger charge is -2.11. The van der Waals surface area contributed by atoms with Crippen molar-refractivity contribution in [2.45, 2.75) is 13.8 Å². The highest BCUT2D eigenvalue weighted by Crippen LogP contribution is 2.28. The number of methoxy groups -OCH3 is 1. The largest absolute Gasteiger partial charge is 0.496 e. The molecule has 0 saturated carbocycles. The van der Waals surface area contributed by atoms with Crippen molar-refractivity contribution in [2.75, 3.05) is 20.3 Å². The van der Waals surface area contributed by atoms with E-state index < -0.39 is 0 Å². The third kappa shape index (κ3) is 5.13. The van der Waals surface area contributed by atoms with Gasteiger partial charge in [-0.2, -0.15) is 5.10 Å². The molecule has 1 N–H and O–H groups in total. The number of hydrogen-bond acceptors (Lipinski definition) is 5. The molecule has 26 heavy (non-hydrogen) atoms. The first-order valence-electron chi connectivity index (χ1n) is 8.15. The van der Waals surface area contributed by atoms with Gasteiger partial charge in [0, 0.05) is 16.1 Å². The minimum absolute atomic E-state index is 0.369. The van der Waals surface area contributed by atoms with Crippen molar-refractivity contribution in [2.24, 2.45) is 5.10 Å². The second-order valence-corrected chi connectivity index (χ2v) is 5.55. The van der Waals surface area contributed by atoms with Crippen LogP contribution in [0.2, 0.25) is 5.02 Å². The Labute approximate surface area is 157 Å². The molecule has 0 aromatic heterocycles. The molecule has 0 atom stereocenters. The Morgan fingerprint density at radius 3 is 2.46 bits per heavy atom. The van der Waals surface area contributed by atoms with E-state index in [1.165, 1.54) is 6.21 Å². The van der Waals surface area contributed by atoms with Crippen molar-refractivity contribution in [1.29, 1.82) is 0 Å². The van der Waals surface area contributed by atoms with Crippen LogP contribution in [0, 0.1) is 0 Å². The lowest BCUT2D eigenvalue weighted by Crippen LogP contribution is -2.17. The van der Waals surface area contributed by atoms with Crippen molar-refractivity contribution >= 4 is 23.7 Å². The molecule has 2 aromatic carbocycles. The van der Waals surface area contributed by atoms with Crippen LogP contribution < -0.4 is 19.6 Å². The highest BCUT2D eigenvalue weighted by Gasteiger charge is 2.11. The third-order valence-corrected chi connectivity index (χ3v) is 3.60. The number of hydrazone groups is 1. The summed E-state index contributed by atoms with van der Waals surface area (Å²) in [6.45, 7) is 4.73. The van der Waals surface area contributed by atoms with Crippen LogP contribution in [0.4, 0.5) is 0 Å². The fourth-order valence-electron chi connectivity index (χ4n) is 2.22. The van der Waals surface area contributed by atoms with Crippen LogP contribution in [0.5, 0.6) is 17.2 Å². The molecule has 0 unspecified atom stereocenters. The quantitative estimate of drug-likeness (QED) is 0.560. The monoisotopic (exact) mass is 376 g/mol. The highest BCUT2D eigenvalue weighted by molar-refractivity contribution is 6.30. The number of ether oxygens (including phenoxy) is 3. The number of benzene rings is 2. The van der Waals surface area contributed by atoms with Crippen LogP contribution in [-0.4, -0.2) is 32.4 Å². The fraction of sp³-hybridized carbons (Fsp3) is 0.263. The summed E-state index contributed by atoms with van der Waals surface area (Å²) in [7, 11) is 1.55. The molecule has 1 amide bonds. The van der Waals surface area contributed by atoms with E-state index in [1.54, 1.807) is 43.5 Å². The molecule has 2 rings (SSSR count). The summed E-state index contributed by atoms with van der Waals surface area (Å²) in [6, 6.07) is 10.1. The number of rotatable bonds is 8. The molecule has 7 heteroatoms. The van der Waals surface area contributed by atoms with Gasteiger partial charge in [0.25, 0.3) is 5.91 Å². The lowest BCUT2D eigenvalue weighted by atomic mass is 10.2. The number of halogens is 1. The van der Waals surface area contributed by atoms with Crippen LogP contribution in [0.25, 0.3) is 0 Å². The smallest absolute Gasteiger partial charge is 0.271 e. The molecule has 0 aliphatic carbocycles. The topological polar surface area (TPSA) is 69.2 Å². The molecule has 0 bridgehead atoms. The maximum Gasteiger partial charge on any atom is 0.271 e. The Morgan fingerprint density at radius 1 is 1.08 bits per heavy atom. The summed E-state index contributed by atoms with van der Waals surface area (Å²) in [5.74, 6) is 1.35. The van der Waals surface area contributed by atoms with E-state index in [0.717, 1.165) is 0 Å². The molecule has 6 nitrogen and oxygen atoms in total. The number of nitrogens with one attached hydrogen (secondary N) is 1. The van der Waals surface area contributed by atoms with Gasteiger partial charge in [-0.15, -0.1) is 0 Å². The molecule has 2 aromatic rings. The first-order chi connectivity index (χ1) is 12.6. The third-order valence-electron chi connectivity index (χ3n) is 3.37. The summed E-state index contributed by atoms with van der Waals surface area (Å²) < 4.78 is 16.2. The average Bonchev–Trinajstić information content (AvgIpc) is 2.63. The minimum atomic E-state index is -0.369. The van der Waals surface area contributed by atoms with Gasteiger partial charge in [0.05, 0.1) is 26.5 Å². The number of amides is 1. The standard InChI is InChI=1S/C19H21ClN2O4/c1-4-25-17-8-6-13(11-18(17)26-5-2)19(23)22-21-12-14-10-15(20)7-9-16(14)24-3/h6-12H,4-5H2,1-3H3,(H,22,23)/b21-12+. The van der Waals surface area contributed by atoms with Crippen LogP contribution >= 0.6 is 11.6 Å². The predicted octanol–water partition coefficient (Wildman–Crippen LogP) is 3.91. The van der Waals surface area contributed by atoms with Crippen molar-refractivity contribution in [3.8, 4) is 17.2 Å². The second-order valence-electron chi connectivity index (χ2n) is 5.11. The van der Waals surface area contributed by atoms with E-state index in [9.17, 15) is 4.79 Å². The van der Waals surface area contributed by atoms with E-state index in [4.69, 9.17) is 25.8 Å². The molecule has 138 valence electrons. The van der Waals surface area contributed by atoms with Crippen LogP contribution in [0.15, 0.2) is 41.5 Å². The number of hydrogen-bond donors (Lipinski definition) is 1. The van der Waals surface area contributed by atoms with Gasteiger partial charge in [-0.05, 0) is 50.2 Å². The van der Waals surface area contributed by atoms with Crippen molar-refractivity contribution in [3.63, 3.8) is 0 Å². The zero-order valence-electron chi connectivity index (χ0n) is 14.9. The molecule has 0 spiro atoms. The molecule has 0 aliphatic rings. The van der Waals surface area contributed by atoms with Gasteiger partial charge in [0.1, 0.15) is 5.75 Å². The SMILES string of the molecule is CCOc1ccc(C(=O)N/N=C/c2cc(Cl)ccc2OC)cc1OCC. The minimum Gasteiger partial charge on any atom is -0.496 e. The molecular weight excluding hydrogens is 356 g/mol. The zero-order chi connectivity index (χ0) is 18.9. The van der Waals surface area contributed by atoms with E-state index >= 15 is 0 Å². The van der Waals surface area contributed by atoms with Gasteiger partial charge in [-0.3, -0.25) is 4.79 Å². The fourth-order valence-corrected chi connectivity index (χ4v) is 2.40. The average molecular weight is 377 g/mol. The Bertz CT molecular complexity index is 793. The summed E-state index contributed by atoms with van der Waals surface area (Å²) in [4.78, 5) is 12.3. The zero-order valence-corrected chi connectivity index (χ0v) is 15.7. The van der Waals surface area contributed by atoms with Gasteiger partial charge in [0.15, 0.2) is 11.5 Å². The number of carbonyl (C=O) groups is 1. The Hall–Kier alpha value is -2.73. The van der Waals surface area contributed by atoms with Gasteiger partial charge >= 0.3 is 0 Å². The summed E-state index contributed by atoms with van der Waals surface area (Å²) in [6.07, 6.45) is 1.47. The van der Waals surface area contributed by atoms with Gasteiger partial charge in [-0.25, -0.2) is 5.43 Å². The highest BCUT2D eigenvalue weighted by atomic mass is 35.5. The summed E-state index contributed by atoms with van der Waals surface area (Å²) in [5.41, 5.74) is 3.54. The normalized spacial score (nSPS) is 10.6. The molecule has 0 aliphatic heterocycles. The first kappa shape index (κ1) is 19.6. The maximum absolute atomic E-state index is 12.3. The second kappa shape index (κ2) is 9.68. The Balaban J connectivity index is 2.12. The van der Waals surface area contributed by atoms with Crippen molar-refractivity contribution in [3.05, 3.63) is 52.5 Å². The van der Waals surface area contributed by atoms with E-state index in [2.05, 4.69) is 10.5 Å². The van der Waals surface area contributed by atoms with Crippen molar-refractivity contribution < 1.29 is 19.0 Å². The van der Waals surface area contributed by atoms with E-state index in [0.29, 0.717) is 46.6 Å². The number of nitrogens with zero attached hydrogens (tertiary/aromatic N) is 1. The molecule has 0 saturated heterocycles.